The van der Waals surface area contributed by atoms with Crippen LogP contribution in [0.2, 0.25) is 0 Å². The van der Waals surface area contributed by atoms with Crippen LogP contribution >= 0.6 is 0 Å². The molecule has 1 amide bonds. The lowest BCUT2D eigenvalue weighted by atomic mass is 9.85. The number of fused-ring (bicyclic) bond motifs is 2. The highest BCUT2D eigenvalue weighted by Gasteiger charge is 2.33. The van der Waals surface area contributed by atoms with E-state index in [2.05, 4.69) is 30.4 Å². The number of rotatable bonds is 3. The maximum atomic E-state index is 12.6. The summed E-state index contributed by atoms with van der Waals surface area (Å²) >= 11 is 0. The number of benzene rings is 1. The van der Waals surface area contributed by atoms with E-state index in [0.717, 1.165) is 16.8 Å². The van der Waals surface area contributed by atoms with Crippen LogP contribution in [0.5, 0.6) is 11.5 Å². The molecule has 1 aliphatic rings. The SMILES string of the molecule is COc1cc([C@@H]2CC(=O)Nc3c2c(C)nn3-c2ncnc3nc[nH]c23)ccc1O. The molecule has 0 aliphatic carbocycles. The van der Waals surface area contributed by atoms with Gasteiger partial charge in [0.15, 0.2) is 23.0 Å². The van der Waals surface area contributed by atoms with E-state index in [1.165, 1.54) is 19.8 Å². The molecule has 0 unspecified atom stereocenters. The lowest BCUT2D eigenvalue weighted by molar-refractivity contribution is -0.116. The van der Waals surface area contributed by atoms with Gasteiger partial charge in [-0.25, -0.2) is 15.0 Å². The zero-order valence-electron chi connectivity index (χ0n) is 15.7. The number of phenols is 1. The molecule has 3 N–H and O–H groups in total. The molecule has 0 saturated carbocycles. The average Bonchev–Trinajstić information content (AvgIpc) is 3.32. The van der Waals surface area contributed by atoms with Crippen LogP contribution in [0.1, 0.15) is 29.2 Å². The van der Waals surface area contributed by atoms with Gasteiger partial charge in [-0.3, -0.25) is 4.79 Å². The minimum absolute atomic E-state index is 0.0479. The van der Waals surface area contributed by atoms with Crippen LogP contribution in [0.25, 0.3) is 17.0 Å². The Labute approximate surface area is 164 Å². The number of aryl methyl sites for hydroxylation is 1. The Morgan fingerprint density at radius 2 is 2.14 bits per heavy atom. The van der Waals surface area contributed by atoms with Crippen LogP contribution in [0.3, 0.4) is 0 Å². The highest BCUT2D eigenvalue weighted by Crippen LogP contribution is 2.42. The second kappa shape index (κ2) is 6.30. The van der Waals surface area contributed by atoms with Crippen LogP contribution < -0.4 is 10.1 Å². The fourth-order valence-corrected chi connectivity index (χ4v) is 3.81. The number of hydrogen-bond donors (Lipinski definition) is 3. The summed E-state index contributed by atoms with van der Waals surface area (Å²) < 4.78 is 6.84. The largest absolute Gasteiger partial charge is 0.504 e. The first-order valence-electron chi connectivity index (χ1n) is 8.97. The first-order chi connectivity index (χ1) is 14.1. The van der Waals surface area contributed by atoms with Gasteiger partial charge >= 0.3 is 0 Å². The molecule has 0 fully saturated rings. The quantitative estimate of drug-likeness (QED) is 0.487. The van der Waals surface area contributed by atoms with Crippen LogP contribution in [0.15, 0.2) is 30.9 Å². The van der Waals surface area contributed by atoms with E-state index in [4.69, 9.17) is 4.74 Å². The van der Waals surface area contributed by atoms with Gasteiger partial charge in [0.05, 0.1) is 19.1 Å². The number of aromatic nitrogens is 6. The smallest absolute Gasteiger partial charge is 0.226 e. The average molecular weight is 391 g/mol. The van der Waals surface area contributed by atoms with E-state index < -0.39 is 0 Å². The van der Waals surface area contributed by atoms with Crippen molar-refractivity contribution in [2.75, 3.05) is 12.4 Å². The zero-order valence-corrected chi connectivity index (χ0v) is 15.7. The Kier molecular flexibility index (Phi) is 3.73. The molecule has 4 aromatic rings. The maximum Gasteiger partial charge on any atom is 0.226 e. The molecular formula is C19H17N7O3. The van der Waals surface area contributed by atoms with Gasteiger partial charge in [-0.15, -0.1) is 0 Å². The zero-order chi connectivity index (χ0) is 20.1. The number of nitrogens with one attached hydrogen (secondary N) is 2. The number of phenolic OH excluding ortho intramolecular Hbond substituents is 1. The summed E-state index contributed by atoms with van der Waals surface area (Å²) in [5.74, 6) is 1.10. The number of aromatic hydroxyl groups is 1. The number of carbonyl (C=O) groups excluding carboxylic acids is 1. The van der Waals surface area contributed by atoms with Crippen LogP contribution in [-0.4, -0.2) is 47.8 Å². The Hall–Kier alpha value is -3.95. The van der Waals surface area contributed by atoms with Gasteiger partial charge in [-0.05, 0) is 24.6 Å². The number of amides is 1. The van der Waals surface area contributed by atoms with Gasteiger partial charge < -0.3 is 20.1 Å². The third-order valence-electron chi connectivity index (χ3n) is 5.11. The van der Waals surface area contributed by atoms with Crippen molar-refractivity contribution in [3.05, 3.63) is 47.7 Å². The Bertz CT molecular complexity index is 1260. The van der Waals surface area contributed by atoms with E-state index >= 15 is 0 Å². The predicted molar refractivity (Wildman–Crippen MR) is 103 cm³/mol. The van der Waals surface area contributed by atoms with Crippen molar-refractivity contribution in [3.8, 4) is 17.3 Å². The highest BCUT2D eigenvalue weighted by atomic mass is 16.5. The second-order valence-electron chi connectivity index (χ2n) is 6.79. The van der Waals surface area contributed by atoms with Crippen molar-refractivity contribution in [3.63, 3.8) is 0 Å². The van der Waals surface area contributed by atoms with E-state index in [9.17, 15) is 9.90 Å². The van der Waals surface area contributed by atoms with Crippen molar-refractivity contribution in [2.45, 2.75) is 19.3 Å². The molecule has 0 saturated heterocycles. The number of aromatic amines is 1. The Balaban J connectivity index is 1.70. The van der Waals surface area contributed by atoms with Gasteiger partial charge in [-0.2, -0.15) is 9.78 Å². The second-order valence-corrected chi connectivity index (χ2v) is 6.79. The molecule has 10 heteroatoms. The van der Waals surface area contributed by atoms with E-state index in [-0.39, 0.29) is 24.0 Å². The van der Waals surface area contributed by atoms with Crippen molar-refractivity contribution in [2.24, 2.45) is 0 Å². The third-order valence-corrected chi connectivity index (χ3v) is 5.11. The minimum atomic E-state index is -0.235. The molecule has 10 nitrogen and oxygen atoms in total. The summed E-state index contributed by atoms with van der Waals surface area (Å²) in [6.07, 6.45) is 3.21. The highest BCUT2D eigenvalue weighted by molar-refractivity contribution is 5.95. The first kappa shape index (κ1) is 17.2. The number of carbonyl (C=O) groups is 1. The number of methoxy groups -OCH3 is 1. The van der Waals surface area contributed by atoms with Crippen LogP contribution in [0, 0.1) is 6.92 Å². The summed E-state index contributed by atoms with van der Waals surface area (Å²) in [4.78, 5) is 28.2. The minimum Gasteiger partial charge on any atom is -0.504 e. The molecule has 5 rings (SSSR count). The number of anilines is 1. The van der Waals surface area contributed by atoms with Crippen molar-refractivity contribution < 1.29 is 14.6 Å². The molecule has 1 aliphatic heterocycles. The van der Waals surface area contributed by atoms with E-state index in [0.29, 0.717) is 28.5 Å². The van der Waals surface area contributed by atoms with Gasteiger partial charge in [0.2, 0.25) is 5.91 Å². The molecular weight excluding hydrogens is 374 g/mol. The predicted octanol–water partition coefficient (Wildman–Crippen LogP) is 2.04. The molecule has 4 heterocycles. The van der Waals surface area contributed by atoms with E-state index in [1.807, 2.05) is 6.92 Å². The Morgan fingerprint density at radius 1 is 1.28 bits per heavy atom. The van der Waals surface area contributed by atoms with Crippen LogP contribution in [-0.2, 0) is 4.79 Å². The summed E-state index contributed by atoms with van der Waals surface area (Å²) in [5.41, 5.74) is 3.65. The standard InChI is InChI=1S/C19H17N7O3/c1-9-15-11(10-3-4-12(27)13(5-10)29-2)6-14(28)24-18(15)26(25-9)19-16-17(21-7-20-16)22-8-23-19/h3-5,7-8,11,27H,6H2,1-2H3,(H,24,28)(H,20,21,22,23)/t11-/m0/s1. The fraction of sp³-hybridized carbons (Fsp3) is 0.211. The lowest BCUT2D eigenvalue weighted by Gasteiger charge is -2.24. The van der Waals surface area contributed by atoms with Gasteiger partial charge in [0.1, 0.15) is 17.7 Å². The molecule has 1 aromatic carbocycles. The van der Waals surface area contributed by atoms with Gasteiger partial charge in [0.25, 0.3) is 0 Å². The molecule has 0 spiro atoms. The summed E-state index contributed by atoms with van der Waals surface area (Å²) in [6, 6.07) is 5.11. The Morgan fingerprint density at radius 3 is 2.97 bits per heavy atom. The molecule has 0 radical (unpaired) electrons. The lowest BCUT2D eigenvalue weighted by Crippen LogP contribution is -2.25. The monoisotopic (exact) mass is 391 g/mol. The molecule has 146 valence electrons. The number of imidazole rings is 1. The van der Waals surface area contributed by atoms with Gasteiger partial charge in [-0.1, -0.05) is 6.07 Å². The number of ether oxygens (including phenoxy) is 1. The molecule has 0 bridgehead atoms. The summed E-state index contributed by atoms with van der Waals surface area (Å²) in [5, 5.41) is 17.5. The molecule has 3 aromatic heterocycles. The normalized spacial score (nSPS) is 15.9. The molecule has 29 heavy (non-hydrogen) atoms. The van der Waals surface area contributed by atoms with Crippen molar-refractivity contribution >= 4 is 22.9 Å². The number of nitrogens with zero attached hydrogens (tertiary/aromatic N) is 5. The maximum absolute atomic E-state index is 12.6. The summed E-state index contributed by atoms with van der Waals surface area (Å²) in [7, 11) is 1.49. The number of H-pyrrole nitrogens is 1. The fourth-order valence-electron chi connectivity index (χ4n) is 3.81. The molecule has 1 atom stereocenters. The number of hydrogen-bond acceptors (Lipinski definition) is 7. The van der Waals surface area contributed by atoms with E-state index in [1.54, 1.807) is 22.9 Å². The van der Waals surface area contributed by atoms with Crippen LogP contribution in [0.4, 0.5) is 5.82 Å². The van der Waals surface area contributed by atoms with Crippen molar-refractivity contribution in [1.29, 1.82) is 0 Å². The third kappa shape index (κ3) is 2.60. The van der Waals surface area contributed by atoms with Gasteiger partial charge in [0, 0.05) is 17.9 Å². The summed E-state index contributed by atoms with van der Waals surface area (Å²) in [6.45, 7) is 1.89. The topological polar surface area (TPSA) is 131 Å². The first-order valence-corrected chi connectivity index (χ1v) is 8.97. The van der Waals surface area contributed by atoms with Crippen molar-refractivity contribution in [1.82, 2.24) is 29.7 Å².